The maximum Gasteiger partial charge on any atom is 0.314 e. The number of likely N-dealkylation sites (tertiary alicyclic amines) is 1. The number of rotatable bonds is 1. The van der Waals surface area contributed by atoms with E-state index in [1.165, 1.54) is 0 Å². The van der Waals surface area contributed by atoms with Crippen LogP contribution in [-0.2, 0) is 4.74 Å². The molecule has 2 N–H and O–H groups in total. The highest BCUT2D eigenvalue weighted by Crippen LogP contribution is 2.30. The summed E-state index contributed by atoms with van der Waals surface area (Å²) in [6, 6.07) is -0.275. The number of carbonyl (C=O) groups is 1. The molecule has 2 rings (SSSR count). The molecule has 2 heterocycles. The second-order valence-electron chi connectivity index (χ2n) is 3.95. The molecule has 2 fully saturated rings. The topological polar surface area (TPSA) is 55.6 Å². The van der Waals surface area contributed by atoms with Crippen molar-refractivity contribution in [2.75, 3.05) is 26.3 Å². The third-order valence-corrected chi connectivity index (χ3v) is 3.15. The van der Waals surface area contributed by atoms with Gasteiger partial charge in [0.25, 0.3) is 0 Å². The minimum absolute atomic E-state index is 0.275. The molecule has 2 aliphatic heterocycles. The predicted octanol–water partition coefficient (Wildman–Crippen LogP) is 0.423. The van der Waals surface area contributed by atoms with E-state index in [-0.39, 0.29) is 6.03 Å². The van der Waals surface area contributed by atoms with Gasteiger partial charge in [0, 0.05) is 26.3 Å². The molecule has 0 atom stereocenters. The molecular weight excluding hydrogens is 168 g/mol. The molecule has 0 radical (unpaired) electrons. The molecule has 2 amide bonds. The molecule has 74 valence electrons. The van der Waals surface area contributed by atoms with Crippen molar-refractivity contribution in [3.63, 3.8) is 0 Å². The van der Waals surface area contributed by atoms with Gasteiger partial charge in [-0.15, -0.1) is 0 Å². The van der Waals surface area contributed by atoms with E-state index in [0.29, 0.717) is 5.92 Å². The average molecular weight is 184 g/mol. The third-order valence-electron chi connectivity index (χ3n) is 3.15. The largest absolute Gasteiger partial charge is 0.381 e. The molecule has 0 bridgehead atoms. The van der Waals surface area contributed by atoms with E-state index in [2.05, 4.69) is 0 Å². The SMILES string of the molecule is NC(=O)N1CC(C2CCOCC2)C1. The summed E-state index contributed by atoms with van der Waals surface area (Å²) in [5, 5.41) is 0. The number of carbonyl (C=O) groups excluding carboxylic acids is 1. The first-order chi connectivity index (χ1) is 6.27. The van der Waals surface area contributed by atoms with Gasteiger partial charge in [0.1, 0.15) is 0 Å². The first-order valence-corrected chi connectivity index (χ1v) is 4.89. The molecule has 0 saturated carbocycles. The monoisotopic (exact) mass is 184 g/mol. The second-order valence-corrected chi connectivity index (χ2v) is 3.95. The maximum absolute atomic E-state index is 10.7. The summed E-state index contributed by atoms with van der Waals surface area (Å²) in [7, 11) is 0. The molecule has 0 aliphatic carbocycles. The number of ether oxygens (including phenoxy) is 1. The van der Waals surface area contributed by atoms with Gasteiger partial charge in [0.05, 0.1) is 0 Å². The fourth-order valence-electron chi connectivity index (χ4n) is 2.18. The van der Waals surface area contributed by atoms with Gasteiger partial charge in [-0.25, -0.2) is 4.79 Å². The fourth-order valence-corrected chi connectivity index (χ4v) is 2.18. The Hall–Kier alpha value is -0.770. The van der Waals surface area contributed by atoms with Crippen LogP contribution < -0.4 is 5.73 Å². The number of amides is 2. The molecule has 0 unspecified atom stereocenters. The standard InChI is InChI=1S/C9H16N2O2/c10-9(12)11-5-8(6-11)7-1-3-13-4-2-7/h7-8H,1-6H2,(H2,10,12). The highest BCUT2D eigenvalue weighted by Gasteiger charge is 2.35. The van der Waals surface area contributed by atoms with Crippen LogP contribution in [0.5, 0.6) is 0 Å². The number of urea groups is 1. The highest BCUT2D eigenvalue weighted by molar-refractivity contribution is 5.72. The Morgan fingerprint density at radius 3 is 2.38 bits per heavy atom. The molecule has 2 saturated heterocycles. The van der Waals surface area contributed by atoms with Crippen LogP contribution in [0.15, 0.2) is 0 Å². The Morgan fingerprint density at radius 2 is 1.85 bits per heavy atom. The van der Waals surface area contributed by atoms with Crippen LogP contribution >= 0.6 is 0 Å². The molecule has 4 nitrogen and oxygen atoms in total. The Balaban J connectivity index is 1.75. The summed E-state index contributed by atoms with van der Waals surface area (Å²) in [6.45, 7) is 3.50. The lowest BCUT2D eigenvalue weighted by Crippen LogP contribution is -2.55. The van der Waals surface area contributed by atoms with E-state index in [0.717, 1.165) is 45.1 Å². The van der Waals surface area contributed by atoms with Crippen molar-refractivity contribution in [1.29, 1.82) is 0 Å². The summed E-state index contributed by atoms with van der Waals surface area (Å²) in [5.41, 5.74) is 5.15. The van der Waals surface area contributed by atoms with Gasteiger partial charge in [0.2, 0.25) is 0 Å². The van der Waals surface area contributed by atoms with Crippen LogP contribution in [0.2, 0.25) is 0 Å². The summed E-state index contributed by atoms with van der Waals surface area (Å²) in [6.07, 6.45) is 2.30. The zero-order valence-electron chi connectivity index (χ0n) is 7.74. The van der Waals surface area contributed by atoms with Crippen molar-refractivity contribution < 1.29 is 9.53 Å². The molecule has 0 aromatic heterocycles. The Labute approximate surface area is 78.0 Å². The normalized spacial score (nSPS) is 25.7. The lowest BCUT2D eigenvalue weighted by molar-refractivity contribution is 0.00821. The lowest BCUT2D eigenvalue weighted by atomic mass is 9.81. The second kappa shape index (κ2) is 3.54. The van der Waals surface area contributed by atoms with Gasteiger partial charge < -0.3 is 15.4 Å². The van der Waals surface area contributed by atoms with E-state index in [1.54, 1.807) is 4.90 Å². The zero-order valence-corrected chi connectivity index (χ0v) is 7.74. The van der Waals surface area contributed by atoms with E-state index < -0.39 is 0 Å². The first-order valence-electron chi connectivity index (χ1n) is 4.89. The minimum Gasteiger partial charge on any atom is -0.381 e. The van der Waals surface area contributed by atoms with Crippen molar-refractivity contribution in [1.82, 2.24) is 4.90 Å². The van der Waals surface area contributed by atoms with Gasteiger partial charge in [-0.2, -0.15) is 0 Å². The van der Waals surface area contributed by atoms with Gasteiger partial charge in [-0.3, -0.25) is 0 Å². The van der Waals surface area contributed by atoms with Crippen molar-refractivity contribution in [2.24, 2.45) is 17.6 Å². The van der Waals surface area contributed by atoms with Crippen LogP contribution in [0.25, 0.3) is 0 Å². The number of primary amides is 1. The van der Waals surface area contributed by atoms with Crippen LogP contribution in [0.4, 0.5) is 4.79 Å². The number of nitrogens with two attached hydrogens (primary N) is 1. The quantitative estimate of drug-likeness (QED) is 0.642. The highest BCUT2D eigenvalue weighted by atomic mass is 16.5. The lowest BCUT2D eigenvalue weighted by Gasteiger charge is -2.43. The van der Waals surface area contributed by atoms with Gasteiger partial charge in [0.15, 0.2) is 0 Å². The molecular formula is C9H16N2O2. The summed E-state index contributed by atoms with van der Waals surface area (Å²) >= 11 is 0. The van der Waals surface area contributed by atoms with Gasteiger partial charge in [-0.05, 0) is 24.7 Å². The average Bonchev–Trinajstić information content (AvgIpc) is 2.02. The van der Waals surface area contributed by atoms with Crippen LogP contribution in [0.3, 0.4) is 0 Å². The zero-order chi connectivity index (χ0) is 9.26. The molecule has 0 aromatic rings. The maximum atomic E-state index is 10.7. The van der Waals surface area contributed by atoms with Gasteiger partial charge >= 0.3 is 6.03 Å². The molecule has 2 aliphatic rings. The van der Waals surface area contributed by atoms with E-state index in [9.17, 15) is 4.79 Å². The molecule has 4 heteroatoms. The Bertz CT molecular complexity index is 196. The van der Waals surface area contributed by atoms with Crippen molar-refractivity contribution in [2.45, 2.75) is 12.8 Å². The predicted molar refractivity (Wildman–Crippen MR) is 48.2 cm³/mol. The smallest absolute Gasteiger partial charge is 0.314 e. The van der Waals surface area contributed by atoms with E-state index in [1.807, 2.05) is 0 Å². The van der Waals surface area contributed by atoms with Gasteiger partial charge in [-0.1, -0.05) is 0 Å². The Kier molecular flexibility index (Phi) is 2.40. The number of hydrogen-bond acceptors (Lipinski definition) is 2. The van der Waals surface area contributed by atoms with Crippen molar-refractivity contribution in [3.8, 4) is 0 Å². The van der Waals surface area contributed by atoms with E-state index in [4.69, 9.17) is 10.5 Å². The minimum atomic E-state index is -0.275. The number of hydrogen-bond donors (Lipinski definition) is 1. The van der Waals surface area contributed by atoms with Crippen molar-refractivity contribution in [3.05, 3.63) is 0 Å². The Morgan fingerprint density at radius 1 is 1.23 bits per heavy atom. The van der Waals surface area contributed by atoms with Crippen LogP contribution in [0.1, 0.15) is 12.8 Å². The third kappa shape index (κ3) is 1.77. The molecule has 0 spiro atoms. The first kappa shape index (κ1) is 8.81. The molecule has 13 heavy (non-hydrogen) atoms. The summed E-state index contributed by atoms with van der Waals surface area (Å²) < 4.78 is 5.29. The summed E-state index contributed by atoms with van der Waals surface area (Å²) in [5.74, 6) is 1.43. The van der Waals surface area contributed by atoms with Crippen molar-refractivity contribution >= 4 is 6.03 Å². The number of nitrogens with zero attached hydrogens (tertiary/aromatic N) is 1. The summed E-state index contributed by atoms with van der Waals surface area (Å²) in [4.78, 5) is 12.4. The van der Waals surface area contributed by atoms with E-state index >= 15 is 0 Å². The fraction of sp³-hybridized carbons (Fsp3) is 0.889. The molecule has 0 aromatic carbocycles. The van der Waals surface area contributed by atoms with Crippen LogP contribution in [-0.4, -0.2) is 37.2 Å². The van der Waals surface area contributed by atoms with Crippen LogP contribution in [0, 0.1) is 11.8 Å².